The molecule has 1 rings (SSSR count). The zero-order chi connectivity index (χ0) is 8.27. The topological polar surface area (TPSA) is 49.3 Å². The summed E-state index contributed by atoms with van der Waals surface area (Å²) in [6, 6.07) is -0.286. The molecule has 1 aliphatic rings. The van der Waals surface area contributed by atoms with Crippen LogP contribution >= 0.6 is 0 Å². The van der Waals surface area contributed by atoms with Crippen molar-refractivity contribution in [1.29, 1.82) is 0 Å². The quantitative estimate of drug-likeness (QED) is 0.638. The van der Waals surface area contributed by atoms with Crippen molar-refractivity contribution in [3.8, 4) is 0 Å². The van der Waals surface area contributed by atoms with E-state index in [2.05, 4.69) is 12.2 Å². The Morgan fingerprint density at radius 1 is 1.73 bits per heavy atom. The fourth-order valence-electron chi connectivity index (χ4n) is 1.63. The fraction of sp³-hybridized carbons (Fsp3) is 0.875. The monoisotopic (exact) mass is 157 g/mol. The normalized spacial score (nSPS) is 30.6. The molecule has 0 bridgehead atoms. The average molecular weight is 157 g/mol. The molecule has 1 fully saturated rings. The van der Waals surface area contributed by atoms with Gasteiger partial charge >= 0.3 is 5.97 Å². The van der Waals surface area contributed by atoms with Gasteiger partial charge in [0.05, 0.1) is 0 Å². The Morgan fingerprint density at radius 3 is 2.91 bits per heavy atom. The first kappa shape index (κ1) is 8.53. The van der Waals surface area contributed by atoms with E-state index in [0.29, 0.717) is 5.92 Å². The van der Waals surface area contributed by atoms with Crippen LogP contribution in [0.4, 0.5) is 0 Å². The molecule has 0 aliphatic carbocycles. The van der Waals surface area contributed by atoms with Gasteiger partial charge in [0.1, 0.15) is 6.04 Å². The van der Waals surface area contributed by atoms with Gasteiger partial charge in [0.2, 0.25) is 0 Å². The molecular weight excluding hydrogens is 142 g/mol. The molecule has 0 amide bonds. The fourth-order valence-corrected chi connectivity index (χ4v) is 1.63. The van der Waals surface area contributed by atoms with Gasteiger partial charge in [-0.25, -0.2) is 0 Å². The summed E-state index contributed by atoms with van der Waals surface area (Å²) >= 11 is 0. The molecule has 2 N–H and O–H groups in total. The highest BCUT2D eigenvalue weighted by Crippen LogP contribution is 2.18. The molecule has 2 atom stereocenters. The van der Waals surface area contributed by atoms with E-state index in [1.807, 2.05) is 0 Å². The lowest BCUT2D eigenvalue weighted by Crippen LogP contribution is -2.29. The van der Waals surface area contributed by atoms with E-state index in [1.165, 1.54) is 0 Å². The highest BCUT2D eigenvalue weighted by molar-refractivity contribution is 5.73. The third-order valence-electron chi connectivity index (χ3n) is 2.22. The summed E-state index contributed by atoms with van der Waals surface area (Å²) < 4.78 is 0. The van der Waals surface area contributed by atoms with Crippen molar-refractivity contribution in [2.75, 3.05) is 6.54 Å². The Hall–Kier alpha value is -0.570. The zero-order valence-corrected chi connectivity index (χ0v) is 6.84. The summed E-state index contributed by atoms with van der Waals surface area (Å²) in [5.41, 5.74) is 0. The summed E-state index contributed by atoms with van der Waals surface area (Å²) in [5, 5.41) is 11.6. The average Bonchev–Trinajstić information content (AvgIpc) is 2.37. The van der Waals surface area contributed by atoms with Gasteiger partial charge in [0, 0.05) is 0 Å². The molecule has 2 unspecified atom stereocenters. The summed E-state index contributed by atoms with van der Waals surface area (Å²) in [6.07, 6.45) is 3.11. The van der Waals surface area contributed by atoms with E-state index in [-0.39, 0.29) is 6.04 Å². The van der Waals surface area contributed by atoms with Crippen molar-refractivity contribution >= 4 is 5.97 Å². The second-order valence-electron chi connectivity index (χ2n) is 3.19. The molecule has 1 saturated heterocycles. The molecule has 11 heavy (non-hydrogen) atoms. The van der Waals surface area contributed by atoms with Crippen LogP contribution in [0.3, 0.4) is 0 Å². The van der Waals surface area contributed by atoms with Crippen molar-refractivity contribution in [2.45, 2.75) is 32.2 Å². The number of nitrogens with one attached hydrogen (secondary N) is 1. The second kappa shape index (κ2) is 3.72. The van der Waals surface area contributed by atoms with Gasteiger partial charge in [-0.2, -0.15) is 0 Å². The van der Waals surface area contributed by atoms with Gasteiger partial charge in [0.15, 0.2) is 0 Å². The van der Waals surface area contributed by atoms with Gasteiger partial charge in [-0.05, 0) is 25.3 Å². The molecule has 64 valence electrons. The Morgan fingerprint density at radius 2 is 2.45 bits per heavy atom. The molecule has 0 aromatic carbocycles. The van der Waals surface area contributed by atoms with Crippen LogP contribution in [-0.2, 0) is 4.79 Å². The molecular formula is C8H15NO2. The lowest BCUT2D eigenvalue weighted by atomic mass is 10.0. The number of rotatable bonds is 3. The predicted octanol–water partition coefficient (Wildman–Crippen LogP) is 0.849. The standard InChI is InChI=1S/C8H15NO2/c1-2-3-6-4-7(8(10)11)9-5-6/h6-7,9H,2-5H2,1H3,(H,10,11). The van der Waals surface area contributed by atoms with Gasteiger partial charge in [-0.1, -0.05) is 13.3 Å². The largest absolute Gasteiger partial charge is 0.480 e. The number of carboxylic acid groups (broad SMARTS) is 1. The number of hydrogen-bond donors (Lipinski definition) is 2. The molecule has 1 aliphatic heterocycles. The zero-order valence-electron chi connectivity index (χ0n) is 6.84. The van der Waals surface area contributed by atoms with Crippen molar-refractivity contribution in [2.24, 2.45) is 5.92 Å². The Bertz CT molecular complexity index is 147. The van der Waals surface area contributed by atoms with Crippen LogP contribution in [-0.4, -0.2) is 23.7 Å². The van der Waals surface area contributed by atoms with Crippen molar-refractivity contribution in [3.05, 3.63) is 0 Å². The maximum absolute atomic E-state index is 10.5. The van der Waals surface area contributed by atoms with Crippen LogP contribution < -0.4 is 5.32 Å². The number of hydrogen-bond acceptors (Lipinski definition) is 2. The highest BCUT2D eigenvalue weighted by Gasteiger charge is 2.27. The van der Waals surface area contributed by atoms with E-state index < -0.39 is 5.97 Å². The first-order valence-corrected chi connectivity index (χ1v) is 4.20. The molecule has 3 heteroatoms. The molecule has 3 nitrogen and oxygen atoms in total. The minimum Gasteiger partial charge on any atom is -0.480 e. The minimum absolute atomic E-state index is 0.286. The van der Waals surface area contributed by atoms with E-state index in [4.69, 9.17) is 5.11 Å². The Balaban J connectivity index is 2.29. The van der Waals surface area contributed by atoms with Crippen molar-refractivity contribution < 1.29 is 9.90 Å². The maximum Gasteiger partial charge on any atom is 0.320 e. The van der Waals surface area contributed by atoms with Crippen molar-refractivity contribution in [3.63, 3.8) is 0 Å². The number of carboxylic acids is 1. The van der Waals surface area contributed by atoms with E-state index in [9.17, 15) is 4.79 Å². The van der Waals surface area contributed by atoms with Crippen LogP contribution in [0.1, 0.15) is 26.2 Å². The number of aliphatic carboxylic acids is 1. The summed E-state index contributed by atoms with van der Waals surface area (Å²) in [6.45, 7) is 3.01. The lowest BCUT2D eigenvalue weighted by molar-refractivity contribution is -0.139. The lowest BCUT2D eigenvalue weighted by Gasteiger charge is -2.04. The predicted molar refractivity (Wildman–Crippen MR) is 42.4 cm³/mol. The van der Waals surface area contributed by atoms with Gasteiger partial charge in [-0.3, -0.25) is 4.79 Å². The SMILES string of the molecule is CCCC1CNC(C(=O)O)C1. The minimum atomic E-state index is -0.705. The first-order chi connectivity index (χ1) is 5.24. The van der Waals surface area contributed by atoms with Gasteiger partial charge in [0.25, 0.3) is 0 Å². The third-order valence-corrected chi connectivity index (χ3v) is 2.22. The summed E-state index contributed by atoms with van der Waals surface area (Å²) in [4.78, 5) is 10.5. The Labute approximate surface area is 66.8 Å². The number of carbonyl (C=O) groups is 1. The van der Waals surface area contributed by atoms with Gasteiger partial charge < -0.3 is 10.4 Å². The van der Waals surface area contributed by atoms with Crippen LogP contribution in [0.25, 0.3) is 0 Å². The van der Waals surface area contributed by atoms with Crippen LogP contribution in [0.5, 0.6) is 0 Å². The van der Waals surface area contributed by atoms with E-state index >= 15 is 0 Å². The van der Waals surface area contributed by atoms with E-state index in [1.54, 1.807) is 0 Å². The van der Waals surface area contributed by atoms with E-state index in [0.717, 1.165) is 25.8 Å². The Kier molecular flexibility index (Phi) is 2.88. The smallest absolute Gasteiger partial charge is 0.320 e. The molecule has 0 aromatic heterocycles. The third kappa shape index (κ3) is 2.19. The van der Waals surface area contributed by atoms with Crippen LogP contribution in [0.2, 0.25) is 0 Å². The van der Waals surface area contributed by atoms with Crippen LogP contribution in [0.15, 0.2) is 0 Å². The second-order valence-corrected chi connectivity index (χ2v) is 3.19. The van der Waals surface area contributed by atoms with Crippen LogP contribution in [0, 0.1) is 5.92 Å². The highest BCUT2D eigenvalue weighted by atomic mass is 16.4. The molecule has 0 aromatic rings. The first-order valence-electron chi connectivity index (χ1n) is 4.20. The molecule has 0 saturated carbocycles. The van der Waals surface area contributed by atoms with Crippen molar-refractivity contribution in [1.82, 2.24) is 5.32 Å². The molecule has 0 spiro atoms. The maximum atomic E-state index is 10.5. The summed E-state index contributed by atoms with van der Waals surface area (Å²) in [5.74, 6) is -0.121. The molecule has 1 heterocycles. The summed E-state index contributed by atoms with van der Waals surface area (Å²) in [7, 11) is 0. The molecule has 0 radical (unpaired) electrons. The van der Waals surface area contributed by atoms with Gasteiger partial charge in [-0.15, -0.1) is 0 Å².